The summed E-state index contributed by atoms with van der Waals surface area (Å²) < 4.78 is 19.1. The number of rotatable bonds is 8. The van der Waals surface area contributed by atoms with E-state index in [2.05, 4.69) is 27.2 Å². The van der Waals surface area contributed by atoms with Gasteiger partial charge in [-0.1, -0.05) is 30.3 Å². The molecule has 28 heavy (non-hydrogen) atoms. The van der Waals surface area contributed by atoms with Gasteiger partial charge in [-0.15, -0.1) is 0 Å². The van der Waals surface area contributed by atoms with Crippen LogP contribution in [-0.2, 0) is 9.53 Å². The summed E-state index contributed by atoms with van der Waals surface area (Å²) in [5, 5.41) is 3.03. The number of carbonyl (C=O) groups is 1. The molecule has 1 N–H and O–H groups in total. The first-order valence-electron chi connectivity index (χ1n) is 9.76. The van der Waals surface area contributed by atoms with Gasteiger partial charge in [0.1, 0.15) is 11.9 Å². The van der Waals surface area contributed by atoms with Crippen molar-refractivity contribution < 1.29 is 13.9 Å². The molecule has 2 aromatic rings. The first kappa shape index (κ1) is 20.3. The number of para-hydroxylation sites is 1. The van der Waals surface area contributed by atoms with Gasteiger partial charge in [0, 0.05) is 38.9 Å². The van der Waals surface area contributed by atoms with E-state index in [1.54, 1.807) is 6.07 Å². The van der Waals surface area contributed by atoms with Crippen molar-refractivity contribution in [3.63, 3.8) is 0 Å². The molecule has 2 aromatic carbocycles. The van der Waals surface area contributed by atoms with Crippen LogP contribution in [0.1, 0.15) is 18.0 Å². The summed E-state index contributed by atoms with van der Waals surface area (Å²) >= 11 is 0. The van der Waals surface area contributed by atoms with E-state index in [9.17, 15) is 9.18 Å². The van der Waals surface area contributed by atoms with Gasteiger partial charge in [-0.3, -0.25) is 9.69 Å². The van der Waals surface area contributed by atoms with Crippen molar-refractivity contribution in [3.05, 3.63) is 66.0 Å². The van der Waals surface area contributed by atoms with Crippen LogP contribution in [0.3, 0.4) is 0 Å². The number of halogens is 1. The number of nitrogens with zero attached hydrogens (tertiary/aromatic N) is 2. The highest BCUT2D eigenvalue weighted by molar-refractivity contribution is 5.83. The van der Waals surface area contributed by atoms with Gasteiger partial charge in [0.05, 0.1) is 13.2 Å². The normalized spacial score (nSPS) is 15.8. The Labute approximate surface area is 166 Å². The Kier molecular flexibility index (Phi) is 7.39. The molecule has 0 aliphatic carbocycles. The number of ether oxygens (including phenoxy) is 1. The average molecular weight is 385 g/mol. The maximum Gasteiger partial charge on any atom is 0.241 e. The zero-order valence-corrected chi connectivity index (χ0v) is 16.3. The van der Waals surface area contributed by atoms with Crippen LogP contribution in [0.5, 0.6) is 0 Å². The first-order valence-corrected chi connectivity index (χ1v) is 9.76. The van der Waals surface area contributed by atoms with Crippen LogP contribution < -0.4 is 10.2 Å². The summed E-state index contributed by atoms with van der Waals surface area (Å²) in [4.78, 5) is 17.2. The van der Waals surface area contributed by atoms with Crippen LogP contribution in [0.2, 0.25) is 0 Å². The highest BCUT2D eigenvalue weighted by Gasteiger charge is 2.29. The minimum absolute atomic E-state index is 0.0881. The minimum Gasteiger partial charge on any atom is -0.379 e. The predicted molar refractivity (Wildman–Crippen MR) is 109 cm³/mol. The molecule has 0 bridgehead atoms. The molecule has 1 atom stereocenters. The van der Waals surface area contributed by atoms with Gasteiger partial charge in [0.2, 0.25) is 5.91 Å². The molecule has 0 aromatic heterocycles. The van der Waals surface area contributed by atoms with Crippen LogP contribution in [0, 0.1) is 5.82 Å². The van der Waals surface area contributed by atoms with Crippen LogP contribution in [-0.4, -0.2) is 57.2 Å². The average Bonchev–Trinajstić information content (AvgIpc) is 2.73. The van der Waals surface area contributed by atoms with Crippen molar-refractivity contribution in [3.8, 4) is 0 Å². The van der Waals surface area contributed by atoms with Crippen molar-refractivity contribution in [2.45, 2.75) is 12.5 Å². The predicted octanol–water partition coefficient (Wildman–Crippen LogP) is 2.84. The van der Waals surface area contributed by atoms with Gasteiger partial charge in [-0.25, -0.2) is 4.39 Å². The molecule has 1 fully saturated rings. The maximum atomic E-state index is 13.7. The fraction of sp³-hybridized carbons (Fsp3) is 0.409. The molecule has 1 amide bonds. The fourth-order valence-corrected chi connectivity index (χ4v) is 3.48. The zero-order valence-electron chi connectivity index (χ0n) is 16.3. The summed E-state index contributed by atoms with van der Waals surface area (Å²) in [6.07, 6.45) is 0.829. The van der Waals surface area contributed by atoms with Crippen molar-refractivity contribution >= 4 is 11.6 Å². The van der Waals surface area contributed by atoms with Crippen LogP contribution in [0.4, 0.5) is 10.1 Å². The number of anilines is 1. The molecule has 1 unspecified atom stereocenters. The Morgan fingerprint density at radius 3 is 2.64 bits per heavy atom. The second kappa shape index (κ2) is 10.2. The number of hydrogen-bond acceptors (Lipinski definition) is 4. The molecule has 3 rings (SSSR count). The second-order valence-corrected chi connectivity index (χ2v) is 7.01. The van der Waals surface area contributed by atoms with E-state index in [1.807, 2.05) is 31.3 Å². The van der Waals surface area contributed by atoms with E-state index in [4.69, 9.17) is 4.74 Å². The highest BCUT2D eigenvalue weighted by Crippen LogP contribution is 2.23. The summed E-state index contributed by atoms with van der Waals surface area (Å²) in [5.41, 5.74) is 1.83. The number of carbonyl (C=O) groups excluding carboxylic acids is 1. The molecule has 0 saturated carbocycles. The number of morpholine rings is 1. The molecule has 150 valence electrons. The van der Waals surface area contributed by atoms with Crippen LogP contribution in [0.15, 0.2) is 54.6 Å². The quantitative estimate of drug-likeness (QED) is 0.710. The third-order valence-corrected chi connectivity index (χ3v) is 4.99. The Balaban J connectivity index is 1.57. The third kappa shape index (κ3) is 5.53. The Bertz CT molecular complexity index is 750. The van der Waals surface area contributed by atoms with Gasteiger partial charge in [-0.2, -0.15) is 0 Å². The molecule has 6 heteroatoms. The largest absolute Gasteiger partial charge is 0.379 e. The van der Waals surface area contributed by atoms with Gasteiger partial charge in [-0.05, 0) is 36.2 Å². The summed E-state index contributed by atoms with van der Waals surface area (Å²) in [7, 11) is 2.04. The van der Waals surface area contributed by atoms with Gasteiger partial charge < -0.3 is 15.0 Å². The van der Waals surface area contributed by atoms with E-state index in [-0.39, 0.29) is 11.7 Å². The number of amides is 1. The SMILES string of the molecule is CN(CCCNC(=O)C(c1cccc(F)c1)N1CCOCC1)c1ccccc1. The lowest BCUT2D eigenvalue weighted by Crippen LogP contribution is -2.46. The van der Waals surface area contributed by atoms with E-state index in [0.29, 0.717) is 38.4 Å². The molecular formula is C22H28FN3O2. The zero-order chi connectivity index (χ0) is 19.8. The lowest BCUT2D eigenvalue weighted by atomic mass is 10.0. The topological polar surface area (TPSA) is 44.8 Å². The summed E-state index contributed by atoms with van der Waals surface area (Å²) in [6, 6.07) is 16.0. The second-order valence-electron chi connectivity index (χ2n) is 7.01. The molecule has 0 radical (unpaired) electrons. The molecule has 1 aliphatic rings. The maximum absolute atomic E-state index is 13.7. The molecule has 0 spiro atoms. The van der Waals surface area contributed by atoms with E-state index < -0.39 is 6.04 Å². The monoisotopic (exact) mass is 385 g/mol. The standard InChI is InChI=1S/C22H28FN3O2/c1-25(20-9-3-2-4-10-20)12-6-11-24-22(27)21(26-13-15-28-16-14-26)18-7-5-8-19(23)17-18/h2-5,7-10,17,21H,6,11-16H2,1H3,(H,24,27). The van der Waals surface area contributed by atoms with Crippen molar-refractivity contribution in [2.75, 3.05) is 51.3 Å². The first-order chi connectivity index (χ1) is 13.6. The van der Waals surface area contributed by atoms with Crippen molar-refractivity contribution in [1.29, 1.82) is 0 Å². The minimum atomic E-state index is -0.494. The molecular weight excluding hydrogens is 357 g/mol. The molecule has 1 saturated heterocycles. The lowest BCUT2D eigenvalue weighted by Gasteiger charge is -2.33. The number of nitrogens with one attached hydrogen (secondary N) is 1. The summed E-state index contributed by atoms with van der Waals surface area (Å²) in [5.74, 6) is -0.414. The van der Waals surface area contributed by atoms with Crippen LogP contribution in [0.25, 0.3) is 0 Å². The summed E-state index contributed by atoms with van der Waals surface area (Å²) in [6.45, 7) is 3.90. The van der Waals surface area contributed by atoms with Crippen LogP contribution >= 0.6 is 0 Å². The van der Waals surface area contributed by atoms with Gasteiger partial charge >= 0.3 is 0 Å². The third-order valence-electron chi connectivity index (χ3n) is 4.99. The Morgan fingerprint density at radius 1 is 1.18 bits per heavy atom. The Hall–Kier alpha value is -2.44. The van der Waals surface area contributed by atoms with Crippen molar-refractivity contribution in [1.82, 2.24) is 10.2 Å². The highest BCUT2D eigenvalue weighted by atomic mass is 19.1. The van der Waals surface area contributed by atoms with Crippen molar-refractivity contribution in [2.24, 2.45) is 0 Å². The fourth-order valence-electron chi connectivity index (χ4n) is 3.48. The Morgan fingerprint density at radius 2 is 1.93 bits per heavy atom. The molecule has 1 heterocycles. The van der Waals surface area contributed by atoms with Gasteiger partial charge in [0.15, 0.2) is 0 Å². The lowest BCUT2D eigenvalue weighted by molar-refractivity contribution is -0.128. The van der Waals surface area contributed by atoms with E-state index in [1.165, 1.54) is 12.1 Å². The smallest absolute Gasteiger partial charge is 0.241 e. The van der Waals surface area contributed by atoms with E-state index >= 15 is 0 Å². The molecule has 5 nitrogen and oxygen atoms in total. The number of hydrogen-bond donors (Lipinski definition) is 1. The van der Waals surface area contributed by atoms with E-state index in [0.717, 1.165) is 18.7 Å². The van der Waals surface area contributed by atoms with Gasteiger partial charge in [0.25, 0.3) is 0 Å². The number of benzene rings is 2. The molecule has 1 aliphatic heterocycles.